The lowest BCUT2D eigenvalue weighted by molar-refractivity contribution is 0.0796. The van der Waals surface area contributed by atoms with Gasteiger partial charge in [-0.05, 0) is 92.3 Å². The first-order valence-electron chi connectivity index (χ1n) is 12.3. The fourth-order valence-electron chi connectivity index (χ4n) is 4.57. The number of likely N-dealkylation sites (N-methyl/N-ethyl adjacent to an activating group) is 1. The van der Waals surface area contributed by atoms with Crippen molar-refractivity contribution in [2.75, 3.05) is 18.9 Å². The molecule has 3 aromatic rings. The Labute approximate surface area is 214 Å². The normalized spacial score (nSPS) is 16.6. The number of hydrogen-bond donors (Lipinski definition) is 2. The van der Waals surface area contributed by atoms with E-state index >= 15 is 0 Å². The van der Waals surface area contributed by atoms with Crippen LogP contribution in [0.2, 0.25) is 0 Å². The Morgan fingerprint density at radius 1 is 1.08 bits per heavy atom. The third-order valence-corrected chi connectivity index (χ3v) is 8.12. The van der Waals surface area contributed by atoms with Gasteiger partial charge in [-0.1, -0.05) is 19.1 Å². The molecule has 0 bridgehead atoms. The van der Waals surface area contributed by atoms with E-state index in [1.165, 1.54) is 0 Å². The highest BCUT2D eigenvalue weighted by Gasteiger charge is 2.35. The highest BCUT2D eigenvalue weighted by molar-refractivity contribution is 7.89. The maximum absolute atomic E-state index is 13.3. The first-order chi connectivity index (χ1) is 17.1. The molecule has 0 radical (unpaired) electrons. The number of rotatable bonds is 8. The number of fused-ring (bicyclic) bond motifs is 1. The minimum atomic E-state index is -3.74. The maximum Gasteiger partial charge on any atom is 0.253 e. The van der Waals surface area contributed by atoms with Crippen LogP contribution in [0.3, 0.4) is 0 Å². The molecule has 4 rings (SSSR count). The van der Waals surface area contributed by atoms with Crippen molar-refractivity contribution in [3.05, 3.63) is 89.2 Å². The van der Waals surface area contributed by atoms with Gasteiger partial charge >= 0.3 is 0 Å². The highest BCUT2D eigenvalue weighted by Crippen LogP contribution is 2.39. The number of nitrogens with zero attached hydrogens (tertiary/aromatic N) is 2. The third kappa shape index (κ3) is 5.94. The number of carbonyl (C=O) groups excluding carboxylic acids is 1. The number of carbonyl (C=O) groups is 1. The molecule has 0 saturated carbocycles. The molecular formula is C28H34N4O3S. The van der Waals surface area contributed by atoms with Crippen molar-refractivity contribution in [3.63, 3.8) is 0 Å². The Hall–Kier alpha value is -3.23. The van der Waals surface area contributed by atoms with E-state index in [0.717, 1.165) is 35.2 Å². The van der Waals surface area contributed by atoms with Crippen LogP contribution in [0.15, 0.2) is 71.9 Å². The summed E-state index contributed by atoms with van der Waals surface area (Å²) in [6.07, 6.45) is 5.60. The second kappa shape index (κ2) is 10.4. The van der Waals surface area contributed by atoms with Crippen LogP contribution in [0.25, 0.3) is 0 Å². The van der Waals surface area contributed by atoms with Crippen LogP contribution in [0.5, 0.6) is 0 Å². The quantitative estimate of drug-likeness (QED) is 0.467. The van der Waals surface area contributed by atoms with E-state index in [0.29, 0.717) is 18.5 Å². The summed E-state index contributed by atoms with van der Waals surface area (Å²) in [5, 5.41) is 3.48. The van der Waals surface area contributed by atoms with Gasteiger partial charge in [-0.3, -0.25) is 9.78 Å². The van der Waals surface area contributed by atoms with Gasteiger partial charge in [0.25, 0.3) is 5.91 Å². The molecule has 0 saturated heterocycles. The molecule has 2 heterocycles. The monoisotopic (exact) mass is 506 g/mol. The Morgan fingerprint density at radius 3 is 2.44 bits per heavy atom. The fraction of sp³-hybridized carbons (Fsp3) is 0.357. The molecule has 8 heteroatoms. The van der Waals surface area contributed by atoms with Crippen LogP contribution in [0.1, 0.15) is 60.3 Å². The Morgan fingerprint density at radius 2 is 1.78 bits per heavy atom. The summed E-state index contributed by atoms with van der Waals surface area (Å²) in [7, 11) is -1.96. The molecule has 1 aliphatic heterocycles. The summed E-state index contributed by atoms with van der Waals surface area (Å²) < 4.78 is 29.4. The molecule has 1 aromatic heterocycles. The van der Waals surface area contributed by atoms with Gasteiger partial charge in [0.2, 0.25) is 10.0 Å². The molecule has 2 N–H and O–H groups in total. The number of anilines is 1. The number of amides is 1. The highest BCUT2D eigenvalue weighted by atomic mass is 32.2. The van der Waals surface area contributed by atoms with Gasteiger partial charge < -0.3 is 10.2 Å². The zero-order chi connectivity index (χ0) is 25.9. The van der Waals surface area contributed by atoms with Crippen LogP contribution >= 0.6 is 0 Å². The minimum absolute atomic E-state index is 0.103. The minimum Gasteiger partial charge on any atom is -0.380 e. The number of benzene rings is 2. The Kier molecular flexibility index (Phi) is 7.47. The molecule has 1 aliphatic rings. The number of nitrogens with one attached hydrogen (secondary N) is 2. The van der Waals surface area contributed by atoms with Gasteiger partial charge in [-0.25, -0.2) is 13.1 Å². The average Bonchev–Trinajstić information content (AvgIpc) is 2.86. The van der Waals surface area contributed by atoms with Crippen LogP contribution in [-0.2, 0) is 22.9 Å². The SMILES string of the molecule is CCc1ccc(S(=O)(=O)N[C@H]2CC(C)(C)Nc3ccc(C(=O)N(C)CCc4ccncc4)cc32)cc1. The zero-order valence-corrected chi connectivity index (χ0v) is 22.1. The summed E-state index contributed by atoms with van der Waals surface area (Å²) in [6, 6.07) is 15.9. The smallest absolute Gasteiger partial charge is 0.253 e. The lowest BCUT2D eigenvalue weighted by Gasteiger charge is -2.39. The van der Waals surface area contributed by atoms with Crippen molar-refractivity contribution in [2.24, 2.45) is 0 Å². The average molecular weight is 507 g/mol. The predicted octanol–water partition coefficient (Wildman–Crippen LogP) is 4.57. The van der Waals surface area contributed by atoms with Gasteiger partial charge in [0.1, 0.15) is 0 Å². The molecule has 36 heavy (non-hydrogen) atoms. The maximum atomic E-state index is 13.3. The second-order valence-electron chi connectivity index (χ2n) is 10.0. The van der Waals surface area contributed by atoms with Gasteiger partial charge in [0, 0.05) is 42.8 Å². The van der Waals surface area contributed by atoms with Crippen LogP contribution < -0.4 is 10.0 Å². The van der Waals surface area contributed by atoms with E-state index in [1.807, 2.05) is 57.2 Å². The van der Waals surface area contributed by atoms with Crippen molar-refractivity contribution in [1.82, 2.24) is 14.6 Å². The Balaban J connectivity index is 1.57. The third-order valence-electron chi connectivity index (χ3n) is 6.63. The van der Waals surface area contributed by atoms with E-state index in [2.05, 4.69) is 15.0 Å². The standard InChI is InChI=1S/C28H34N4O3S/c1-5-20-6-9-23(10-7-20)36(34,35)31-26-19-28(2,3)30-25-11-8-22(18-24(25)26)27(33)32(4)17-14-21-12-15-29-16-13-21/h6-13,15-16,18,26,30-31H,5,14,17,19H2,1-4H3/t26-/m0/s1. The fourth-order valence-corrected chi connectivity index (χ4v) is 5.78. The lowest BCUT2D eigenvalue weighted by atomic mass is 9.85. The number of sulfonamides is 1. The van der Waals surface area contributed by atoms with Crippen LogP contribution in [0, 0.1) is 0 Å². The summed E-state index contributed by atoms with van der Waals surface area (Å²) in [5.41, 5.74) is 4.01. The van der Waals surface area contributed by atoms with Crippen molar-refractivity contribution in [1.29, 1.82) is 0 Å². The molecule has 1 atom stereocenters. The molecule has 1 amide bonds. The first-order valence-corrected chi connectivity index (χ1v) is 13.7. The molecule has 190 valence electrons. The van der Waals surface area contributed by atoms with Crippen molar-refractivity contribution < 1.29 is 13.2 Å². The summed E-state index contributed by atoms with van der Waals surface area (Å²) >= 11 is 0. The van der Waals surface area contributed by atoms with E-state index in [9.17, 15) is 13.2 Å². The Bertz CT molecular complexity index is 1320. The lowest BCUT2D eigenvalue weighted by Crippen LogP contribution is -2.43. The summed E-state index contributed by atoms with van der Waals surface area (Å²) in [4.78, 5) is 19.2. The van der Waals surface area contributed by atoms with Crippen molar-refractivity contribution in [3.8, 4) is 0 Å². The van der Waals surface area contributed by atoms with E-state index < -0.39 is 16.1 Å². The first kappa shape index (κ1) is 25.9. The summed E-state index contributed by atoms with van der Waals surface area (Å²) in [5.74, 6) is -0.103. The van der Waals surface area contributed by atoms with E-state index in [4.69, 9.17) is 0 Å². The van der Waals surface area contributed by atoms with Crippen LogP contribution in [-0.4, -0.2) is 43.3 Å². The number of aromatic nitrogens is 1. The molecule has 0 spiro atoms. The molecule has 0 aliphatic carbocycles. The molecule has 2 aromatic carbocycles. The summed E-state index contributed by atoms with van der Waals surface area (Å²) in [6.45, 7) is 6.68. The topological polar surface area (TPSA) is 91.4 Å². The van der Waals surface area contributed by atoms with Gasteiger partial charge in [0.05, 0.1) is 10.9 Å². The van der Waals surface area contributed by atoms with E-state index in [1.54, 1.807) is 42.5 Å². The number of aryl methyl sites for hydroxylation is 1. The van der Waals surface area contributed by atoms with Crippen LogP contribution in [0.4, 0.5) is 5.69 Å². The molecular weight excluding hydrogens is 472 g/mol. The van der Waals surface area contributed by atoms with Crippen molar-refractivity contribution >= 4 is 21.6 Å². The predicted molar refractivity (Wildman–Crippen MR) is 143 cm³/mol. The number of pyridine rings is 1. The van der Waals surface area contributed by atoms with Gasteiger partial charge in [-0.2, -0.15) is 0 Å². The van der Waals surface area contributed by atoms with Gasteiger partial charge in [-0.15, -0.1) is 0 Å². The molecule has 7 nitrogen and oxygen atoms in total. The number of hydrogen-bond acceptors (Lipinski definition) is 5. The van der Waals surface area contributed by atoms with Gasteiger partial charge in [0.15, 0.2) is 0 Å². The molecule has 0 unspecified atom stereocenters. The molecule has 0 fully saturated rings. The van der Waals surface area contributed by atoms with Crippen molar-refractivity contribution in [2.45, 2.75) is 56.5 Å². The zero-order valence-electron chi connectivity index (χ0n) is 21.3. The largest absolute Gasteiger partial charge is 0.380 e. The second-order valence-corrected chi connectivity index (χ2v) is 11.7. The van der Waals surface area contributed by atoms with E-state index in [-0.39, 0.29) is 16.3 Å².